The van der Waals surface area contributed by atoms with Crippen molar-refractivity contribution >= 4 is 12.4 Å². The standard InChI is InChI=1S/C9H16N2O.ClH/c1-9(2,6-12)8(10)7-4-3-5-11-7;/h3-5,8,11-12H,6,10H2,1-2H3;1H/t8-;/m1./s1. The Labute approximate surface area is 84.8 Å². The first-order chi connectivity index (χ1) is 5.58. The molecule has 0 radical (unpaired) electrons. The van der Waals surface area contributed by atoms with Gasteiger partial charge in [0.05, 0.1) is 12.6 Å². The molecule has 76 valence electrons. The summed E-state index contributed by atoms with van der Waals surface area (Å²) in [7, 11) is 0. The van der Waals surface area contributed by atoms with Crippen LogP contribution in [0.5, 0.6) is 0 Å². The molecule has 0 saturated heterocycles. The predicted octanol–water partition coefficient (Wildman–Crippen LogP) is 1.45. The molecule has 4 heteroatoms. The molecule has 0 fully saturated rings. The summed E-state index contributed by atoms with van der Waals surface area (Å²) in [5, 5.41) is 9.07. The molecule has 0 bridgehead atoms. The van der Waals surface area contributed by atoms with Crippen LogP contribution in [-0.2, 0) is 0 Å². The van der Waals surface area contributed by atoms with E-state index in [4.69, 9.17) is 10.8 Å². The van der Waals surface area contributed by atoms with Gasteiger partial charge in [-0.1, -0.05) is 13.8 Å². The minimum atomic E-state index is -0.273. The largest absolute Gasteiger partial charge is 0.396 e. The molecule has 0 aromatic carbocycles. The molecule has 0 amide bonds. The van der Waals surface area contributed by atoms with Crippen molar-refractivity contribution < 1.29 is 5.11 Å². The van der Waals surface area contributed by atoms with Gasteiger partial charge in [-0.15, -0.1) is 12.4 Å². The lowest BCUT2D eigenvalue weighted by molar-refractivity contribution is 0.131. The number of aromatic amines is 1. The summed E-state index contributed by atoms with van der Waals surface area (Å²) < 4.78 is 0. The molecule has 1 rings (SSSR count). The van der Waals surface area contributed by atoms with Crippen LogP contribution in [0, 0.1) is 5.41 Å². The maximum atomic E-state index is 9.07. The molecule has 4 N–H and O–H groups in total. The number of rotatable bonds is 3. The zero-order valence-corrected chi connectivity index (χ0v) is 8.77. The SMILES string of the molecule is CC(C)(CO)[C@H](N)c1ccc[nH]1.Cl. The topological polar surface area (TPSA) is 62.0 Å². The Hall–Kier alpha value is -0.510. The molecule has 0 aliphatic carbocycles. The molecule has 0 unspecified atom stereocenters. The lowest BCUT2D eigenvalue weighted by atomic mass is 9.84. The van der Waals surface area contributed by atoms with Crippen molar-refractivity contribution in [2.75, 3.05) is 6.61 Å². The van der Waals surface area contributed by atoms with Crippen LogP contribution < -0.4 is 5.73 Å². The van der Waals surface area contributed by atoms with Gasteiger partial charge in [0.15, 0.2) is 0 Å². The van der Waals surface area contributed by atoms with E-state index in [0.717, 1.165) is 5.69 Å². The number of nitrogens with one attached hydrogen (secondary N) is 1. The molecule has 0 aliphatic heterocycles. The van der Waals surface area contributed by atoms with Crippen LogP contribution in [-0.4, -0.2) is 16.7 Å². The Bertz CT molecular complexity index is 234. The van der Waals surface area contributed by atoms with Crippen LogP contribution in [0.4, 0.5) is 0 Å². The fraction of sp³-hybridized carbons (Fsp3) is 0.556. The number of halogens is 1. The summed E-state index contributed by atoms with van der Waals surface area (Å²) in [6, 6.07) is 3.70. The normalized spacial score (nSPS) is 13.5. The number of aliphatic hydroxyl groups excluding tert-OH is 1. The Kier molecular flexibility index (Phi) is 4.47. The zero-order chi connectivity index (χ0) is 9.19. The zero-order valence-electron chi connectivity index (χ0n) is 7.95. The lowest BCUT2D eigenvalue weighted by Gasteiger charge is -2.28. The molecule has 0 saturated carbocycles. The third-order valence-corrected chi connectivity index (χ3v) is 2.21. The van der Waals surface area contributed by atoms with E-state index in [2.05, 4.69) is 4.98 Å². The Morgan fingerprint density at radius 2 is 2.23 bits per heavy atom. The average Bonchev–Trinajstić information content (AvgIpc) is 2.55. The van der Waals surface area contributed by atoms with Crippen LogP contribution >= 0.6 is 12.4 Å². The molecule has 3 nitrogen and oxygen atoms in total. The fourth-order valence-electron chi connectivity index (χ4n) is 1.06. The highest BCUT2D eigenvalue weighted by Crippen LogP contribution is 2.29. The summed E-state index contributed by atoms with van der Waals surface area (Å²) in [5.74, 6) is 0. The molecule has 1 aromatic heterocycles. The van der Waals surface area contributed by atoms with Gasteiger partial charge < -0.3 is 15.8 Å². The smallest absolute Gasteiger partial charge is 0.0521 e. The van der Waals surface area contributed by atoms with Crippen LogP contribution in [0.25, 0.3) is 0 Å². The molecule has 0 aliphatic rings. The highest BCUT2D eigenvalue weighted by molar-refractivity contribution is 5.85. The highest BCUT2D eigenvalue weighted by atomic mass is 35.5. The first kappa shape index (κ1) is 12.5. The van der Waals surface area contributed by atoms with Gasteiger partial charge >= 0.3 is 0 Å². The van der Waals surface area contributed by atoms with Gasteiger partial charge in [0.2, 0.25) is 0 Å². The summed E-state index contributed by atoms with van der Waals surface area (Å²) in [4.78, 5) is 3.04. The van der Waals surface area contributed by atoms with Crippen molar-refractivity contribution in [3.05, 3.63) is 24.0 Å². The monoisotopic (exact) mass is 204 g/mol. The molecule has 1 atom stereocenters. The van der Waals surface area contributed by atoms with Crippen molar-refractivity contribution in [3.63, 3.8) is 0 Å². The van der Waals surface area contributed by atoms with E-state index in [1.165, 1.54) is 0 Å². The molecule has 13 heavy (non-hydrogen) atoms. The first-order valence-electron chi connectivity index (χ1n) is 4.07. The van der Waals surface area contributed by atoms with Crippen molar-refractivity contribution in [2.45, 2.75) is 19.9 Å². The van der Waals surface area contributed by atoms with Crippen LogP contribution in [0.3, 0.4) is 0 Å². The second kappa shape index (κ2) is 4.65. The second-order valence-corrected chi connectivity index (χ2v) is 3.75. The quantitative estimate of drug-likeness (QED) is 0.698. The Balaban J connectivity index is 0.00000144. The molecule has 1 heterocycles. The maximum Gasteiger partial charge on any atom is 0.0521 e. The molecular weight excluding hydrogens is 188 g/mol. The maximum absolute atomic E-state index is 9.07. The fourth-order valence-corrected chi connectivity index (χ4v) is 1.06. The van der Waals surface area contributed by atoms with E-state index in [1.807, 2.05) is 32.2 Å². The van der Waals surface area contributed by atoms with E-state index in [-0.39, 0.29) is 30.5 Å². The molecule has 1 aromatic rings. The van der Waals surface area contributed by atoms with Crippen LogP contribution in [0.2, 0.25) is 0 Å². The number of hydrogen-bond donors (Lipinski definition) is 3. The molecular formula is C9H17ClN2O. The number of aromatic nitrogens is 1. The van der Waals surface area contributed by atoms with Crippen molar-refractivity contribution in [1.29, 1.82) is 0 Å². The number of hydrogen-bond acceptors (Lipinski definition) is 2. The highest BCUT2D eigenvalue weighted by Gasteiger charge is 2.27. The van der Waals surface area contributed by atoms with Gasteiger partial charge in [-0.05, 0) is 12.1 Å². The summed E-state index contributed by atoms with van der Waals surface area (Å²) >= 11 is 0. The second-order valence-electron chi connectivity index (χ2n) is 3.75. The van der Waals surface area contributed by atoms with E-state index in [0.29, 0.717) is 0 Å². The van der Waals surface area contributed by atoms with Gasteiger partial charge in [0.1, 0.15) is 0 Å². The van der Waals surface area contributed by atoms with Crippen LogP contribution in [0.15, 0.2) is 18.3 Å². The van der Waals surface area contributed by atoms with Gasteiger partial charge in [-0.2, -0.15) is 0 Å². The number of H-pyrrole nitrogens is 1. The number of aliphatic hydroxyl groups is 1. The van der Waals surface area contributed by atoms with E-state index < -0.39 is 0 Å². The van der Waals surface area contributed by atoms with Crippen LogP contribution in [0.1, 0.15) is 25.6 Å². The summed E-state index contributed by atoms with van der Waals surface area (Å²) in [6.45, 7) is 3.98. The van der Waals surface area contributed by atoms with E-state index in [1.54, 1.807) is 0 Å². The summed E-state index contributed by atoms with van der Waals surface area (Å²) in [6.07, 6.45) is 1.84. The Morgan fingerprint density at radius 3 is 2.62 bits per heavy atom. The average molecular weight is 205 g/mol. The van der Waals surface area contributed by atoms with Gasteiger partial charge in [-0.3, -0.25) is 0 Å². The van der Waals surface area contributed by atoms with Crippen molar-refractivity contribution in [2.24, 2.45) is 11.1 Å². The predicted molar refractivity (Wildman–Crippen MR) is 55.8 cm³/mol. The van der Waals surface area contributed by atoms with Gasteiger partial charge in [-0.25, -0.2) is 0 Å². The van der Waals surface area contributed by atoms with Crippen molar-refractivity contribution in [1.82, 2.24) is 4.98 Å². The molecule has 0 spiro atoms. The summed E-state index contributed by atoms with van der Waals surface area (Å²) in [5.41, 5.74) is 6.63. The third kappa shape index (κ3) is 2.72. The first-order valence-corrected chi connectivity index (χ1v) is 4.07. The Morgan fingerprint density at radius 1 is 1.62 bits per heavy atom. The van der Waals surface area contributed by atoms with Gasteiger partial charge in [0.25, 0.3) is 0 Å². The number of nitrogens with two attached hydrogens (primary N) is 1. The van der Waals surface area contributed by atoms with Gasteiger partial charge in [0, 0.05) is 17.3 Å². The minimum absolute atomic E-state index is 0. The third-order valence-electron chi connectivity index (χ3n) is 2.21. The van der Waals surface area contributed by atoms with E-state index in [9.17, 15) is 0 Å². The van der Waals surface area contributed by atoms with E-state index >= 15 is 0 Å². The lowest BCUT2D eigenvalue weighted by Crippen LogP contribution is -2.32. The minimum Gasteiger partial charge on any atom is -0.396 e. The van der Waals surface area contributed by atoms with Crippen molar-refractivity contribution in [3.8, 4) is 0 Å².